The van der Waals surface area contributed by atoms with E-state index in [0.29, 0.717) is 18.7 Å². The minimum absolute atomic E-state index is 0.0265. The van der Waals surface area contributed by atoms with Gasteiger partial charge in [0.1, 0.15) is 11.6 Å². The maximum Gasteiger partial charge on any atom is 0.257 e. The fourth-order valence-corrected chi connectivity index (χ4v) is 4.00. The Morgan fingerprint density at radius 3 is 2.38 bits per heavy atom. The number of nitrogens with zero attached hydrogens (tertiary/aromatic N) is 2. The SMILES string of the molecule is CCCCCCCCCCn1c(CCNC(=O)COc2ccccc2)nc2ccccc21. The molecule has 0 saturated carbocycles. The maximum absolute atomic E-state index is 12.1. The minimum atomic E-state index is -0.111. The minimum Gasteiger partial charge on any atom is -0.484 e. The fraction of sp³-hybridized carbons (Fsp3) is 0.481. The number of rotatable bonds is 15. The van der Waals surface area contributed by atoms with Crippen molar-refractivity contribution in [1.82, 2.24) is 14.9 Å². The van der Waals surface area contributed by atoms with E-state index in [-0.39, 0.29) is 12.5 Å². The molecule has 5 nitrogen and oxygen atoms in total. The van der Waals surface area contributed by atoms with Crippen LogP contribution < -0.4 is 10.1 Å². The van der Waals surface area contributed by atoms with Gasteiger partial charge in [0.05, 0.1) is 11.0 Å². The Labute approximate surface area is 192 Å². The summed E-state index contributed by atoms with van der Waals surface area (Å²) in [5.41, 5.74) is 2.21. The van der Waals surface area contributed by atoms with Crippen LogP contribution in [-0.4, -0.2) is 28.6 Å². The number of carbonyl (C=O) groups excluding carboxylic acids is 1. The lowest BCUT2D eigenvalue weighted by atomic mass is 10.1. The summed E-state index contributed by atoms with van der Waals surface area (Å²) in [6.07, 6.45) is 11.2. The molecule has 0 fully saturated rings. The molecule has 1 N–H and O–H groups in total. The van der Waals surface area contributed by atoms with Crippen molar-refractivity contribution >= 4 is 16.9 Å². The van der Waals surface area contributed by atoms with E-state index in [1.165, 1.54) is 56.9 Å². The highest BCUT2D eigenvalue weighted by atomic mass is 16.5. The van der Waals surface area contributed by atoms with Gasteiger partial charge in [0, 0.05) is 19.5 Å². The van der Waals surface area contributed by atoms with E-state index < -0.39 is 0 Å². The molecule has 1 aromatic heterocycles. The number of aromatic nitrogens is 2. The molecule has 5 heteroatoms. The first-order valence-corrected chi connectivity index (χ1v) is 12.2. The molecule has 0 bridgehead atoms. The zero-order valence-electron chi connectivity index (χ0n) is 19.4. The van der Waals surface area contributed by atoms with Gasteiger partial charge in [-0.05, 0) is 30.7 Å². The van der Waals surface area contributed by atoms with Crippen molar-refractivity contribution in [2.45, 2.75) is 71.3 Å². The fourth-order valence-electron chi connectivity index (χ4n) is 4.00. The van der Waals surface area contributed by atoms with E-state index in [9.17, 15) is 4.79 Å². The molecule has 0 aliphatic carbocycles. The Morgan fingerprint density at radius 2 is 1.59 bits per heavy atom. The number of para-hydroxylation sites is 3. The molecule has 1 amide bonds. The highest BCUT2D eigenvalue weighted by Crippen LogP contribution is 2.18. The van der Waals surface area contributed by atoms with Crippen LogP contribution in [0.25, 0.3) is 11.0 Å². The van der Waals surface area contributed by atoms with Gasteiger partial charge in [-0.2, -0.15) is 0 Å². The van der Waals surface area contributed by atoms with Crippen molar-refractivity contribution in [2.75, 3.05) is 13.2 Å². The average molecular weight is 436 g/mol. The predicted molar refractivity (Wildman–Crippen MR) is 131 cm³/mol. The molecule has 0 spiro atoms. The standard InChI is InChI=1S/C27H37N3O2/c1-2-3-4-5-6-7-8-14-21-30-25-18-13-12-17-24(25)29-26(30)19-20-28-27(31)22-32-23-15-10-9-11-16-23/h9-13,15-18H,2-8,14,19-22H2,1H3,(H,28,31). The van der Waals surface area contributed by atoms with Gasteiger partial charge in [-0.15, -0.1) is 0 Å². The molecule has 3 rings (SSSR count). The first-order valence-electron chi connectivity index (χ1n) is 12.2. The summed E-state index contributed by atoms with van der Waals surface area (Å²) in [7, 11) is 0. The quantitative estimate of drug-likeness (QED) is 0.302. The molecule has 0 radical (unpaired) electrons. The van der Waals surface area contributed by atoms with Gasteiger partial charge >= 0.3 is 0 Å². The third kappa shape index (κ3) is 7.70. The topological polar surface area (TPSA) is 56.2 Å². The summed E-state index contributed by atoms with van der Waals surface area (Å²) in [5.74, 6) is 1.63. The lowest BCUT2D eigenvalue weighted by Gasteiger charge is -2.11. The van der Waals surface area contributed by atoms with Crippen LogP contribution in [0.2, 0.25) is 0 Å². The van der Waals surface area contributed by atoms with Crippen molar-refractivity contribution < 1.29 is 9.53 Å². The largest absolute Gasteiger partial charge is 0.484 e. The highest BCUT2D eigenvalue weighted by molar-refractivity contribution is 5.77. The second-order valence-corrected chi connectivity index (χ2v) is 8.34. The molecular weight excluding hydrogens is 398 g/mol. The number of hydrogen-bond donors (Lipinski definition) is 1. The van der Waals surface area contributed by atoms with E-state index in [4.69, 9.17) is 9.72 Å². The smallest absolute Gasteiger partial charge is 0.257 e. The Bertz CT molecular complexity index is 936. The van der Waals surface area contributed by atoms with Crippen molar-refractivity contribution in [3.63, 3.8) is 0 Å². The summed E-state index contributed by atoms with van der Waals surface area (Å²) in [6.45, 7) is 3.82. The summed E-state index contributed by atoms with van der Waals surface area (Å²) < 4.78 is 7.85. The maximum atomic E-state index is 12.1. The van der Waals surface area contributed by atoms with Crippen LogP contribution >= 0.6 is 0 Å². The molecule has 0 aliphatic heterocycles. The van der Waals surface area contributed by atoms with Crippen molar-refractivity contribution in [1.29, 1.82) is 0 Å². The summed E-state index contributed by atoms with van der Waals surface area (Å²) in [5, 5.41) is 2.96. The number of carbonyl (C=O) groups is 1. The van der Waals surface area contributed by atoms with Crippen molar-refractivity contribution in [3.8, 4) is 5.75 Å². The zero-order chi connectivity index (χ0) is 22.4. The number of hydrogen-bond acceptors (Lipinski definition) is 3. The monoisotopic (exact) mass is 435 g/mol. The number of aryl methyl sites for hydroxylation is 1. The second kappa shape index (κ2) is 13.6. The molecule has 3 aromatic rings. The number of imidazole rings is 1. The Morgan fingerprint density at radius 1 is 0.906 bits per heavy atom. The molecule has 0 atom stereocenters. The van der Waals surface area contributed by atoms with Gasteiger partial charge in [-0.3, -0.25) is 4.79 Å². The summed E-state index contributed by atoms with van der Waals surface area (Å²) in [4.78, 5) is 17.0. The Hall–Kier alpha value is -2.82. The number of amides is 1. The van der Waals surface area contributed by atoms with Crippen LogP contribution in [0.1, 0.15) is 64.1 Å². The average Bonchev–Trinajstić information content (AvgIpc) is 3.17. The van der Waals surface area contributed by atoms with Gasteiger partial charge in [-0.1, -0.05) is 82.2 Å². The van der Waals surface area contributed by atoms with Crippen LogP contribution in [0.4, 0.5) is 0 Å². The number of nitrogens with one attached hydrogen (secondary N) is 1. The van der Waals surface area contributed by atoms with Gasteiger partial charge in [-0.25, -0.2) is 4.98 Å². The molecule has 1 heterocycles. The highest BCUT2D eigenvalue weighted by Gasteiger charge is 2.11. The van der Waals surface area contributed by atoms with Gasteiger partial charge in [0.15, 0.2) is 6.61 Å². The predicted octanol–water partition coefficient (Wildman–Crippen LogP) is 5.91. The van der Waals surface area contributed by atoms with E-state index in [2.05, 4.69) is 35.0 Å². The summed E-state index contributed by atoms with van der Waals surface area (Å²) >= 11 is 0. The van der Waals surface area contributed by atoms with Gasteiger partial charge < -0.3 is 14.6 Å². The van der Waals surface area contributed by atoms with Crippen LogP contribution in [-0.2, 0) is 17.8 Å². The number of unbranched alkanes of at least 4 members (excludes halogenated alkanes) is 7. The van der Waals surface area contributed by atoms with Crippen LogP contribution in [0, 0.1) is 0 Å². The Kier molecular flexibility index (Phi) is 10.1. The van der Waals surface area contributed by atoms with E-state index in [1.807, 2.05) is 36.4 Å². The van der Waals surface area contributed by atoms with Crippen LogP contribution in [0.5, 0.6) is 5.75 Å². The molecular formula is C27H37N3O2. The lowest BCUT2D eigenvalue weighted by molar-refractivity contribution is -0.123. The van der Waals surface area contributed by atoms with Crippen molar-refractivity contribution in [3.05, 3.63) is 60.4 Å². The molecule has 2 aromatic carbocycles. The second-order valence-electron chi connectivity index (χ2n) is 8.34. The first-order chi connectivity index (χ1) is 15.8. The third-order valence-corrected chi connectivity index (χ3v) is 5.75. The molecule has 32 heavy (non-hydrogen) atoms. The number of benzene rings is 2. The van der Waals surface area contributed by atoms with E-state index in [1.54, 1.807) is 0 Å². The summed E-state index contributed by atoms with van der Waals surface area (Å²) in [6, 6.07) is 17.7. The van der Waals surface area contributed by atoms with Crippen molar-refractivity contribution in [2.24, 2.45) is 0 Å². The lowest BCUT2D eigenvalue weighted by Crippen LogP contribution is -2.31. The van der Waals surface area contributed by atoms with Gasteiger partial charge in [0.25, 0.3) is 5.91 Å². The molecule has 172 valence electrons. The number of ether oxygens (including phenoxy) is 1. The molecule has 0 saturated heterocycles. The first kappa shape index (κ1) is 23.8. The Balaban J connectivity index is 1.45. The number of fused-ring (bicyclic) bond motifs is 1. The normalized spacial score (nSPS) is 11.0. The zero-order valence-corrected chi connectivity index (χ0v) is 19.4. The third-order valence-electron chi connectivity index (χ3n) is 5.75. The van der Waals surface area contributed by atoms with Gasteiger partial charge in [0.2, 0.25) is 0 Å². The van der Waals surface area contributed by atoms with E-state index in [0.717, 1.165) is 17.9 Å². The van der Waals surface area contributed by atoms with Crippen LogP contribution in [0.3, 0.4) is 0 Å². The molecule has 0 unspecified atom stereocenters. The van der Waals surface area contributed by atoms with Crippen LogP contribution in [0.15, 0.2) is 54.6 Å². The van der Waals surface area contributed by atoms with E-state index >= 15 is 0 Å². The molecule has 0 aliphatic rings.